The summed E-state index contributed by atoms with van der Waals surface area (Å²) in [4.78, 5) is 0. The molecular formula is C11H21N3. The van der Waals surface area contributed by atoms with Crippen molar-refractivity contribution in [1.29, 1.82) is 0 Å². The molecule has 3 heteroatoms. The number of hydrogen-bond acceptors (Lipinski definition) is 2. The summed E-state index contributed by atoms with van der Waals surface area (Å²) in [5, 5.41) is 4.30. The van der Waals surface area contributed by atoms with Gasteiger partial charge in [0.1, 0.15) is 0 Å². The Kier molecular flexibility index (Phi) is 3.32. The number of rotatable bonds is 3. The van der Waals surface area contributed by atoms with Gasteiger partial charge in [0.25, 0.3) is 0 Å². The zero-order valence-corrected chi connectivity index (χ0v) is 9.62. The SMILES string of the molecule is Cn1ccc([C@H](N)CCC(C)(C)C)n1. The van der Waals surface area contributed by atoms with Crippen LogP contribution in [0.25, 0.3) is 0 Å². The van der Waals surface area contributed by atoms with Crippen molar-refractivity contribution in [2.75, 3.05) is 0 Å². The average Bonchev–Trinajstić information content (AvgIpc) is 2.46. The molecule has 0 amide bonds. The summed E-state index contributed by atoms with van der Waals surface area (Å²) >= 11 is 0. The molecule has 0 unspecified atom stereocenters. The zero-order chi connectivity index (χ0) is 10.8. The van der Waals surface area contributed by atoms with Crippen LogP contribution in [0.5, 0.6) is 0 Å². The van der Waals surface area contributed by atoms with Gasteiger partial charge in [0.15, 0.2) is 0 Å². The lowest BCUT2D eigenvalue weighted by molar-refractivity contribution is 0.348. The van der Waals surface area contributed by atoms with Crippen LogP contribution in [0.2, 0.25) is 0 Å². The lowest BCUT2D eigenvalue weighted by atomic mass is 9.88. The van der Waals surface area contributed by atoms with Crippen molar-refractivity contribution < 1.29 is 0 Å². The second-order valence-electron chi connectivity index (χ2n) is 5.12. The summed E-state index contributed by atoms with van der Waals surface area (Å²) in [5.41, 5.74) is 7.39. The van der Waals surface area contributed by atoms with E-state index in [-0.39, 0.29) is 6.04 Å². The van der Waals surface area contributed by atoms with Crippen LogP contribution in [0, 0.1) is 5.41 Å². The molecule has 0 aliphatic carbocycles. The number of hydrogen-bond donors (Lipinski definition) is 1. The van der Waals surface area contributed by atoms with Gasteiger partial charge in [-0.3, -0.25) is 4.68 Å². The lowest BCUT2D eigenvalue weighted by Gasteiger charge is -2.19. The van der Waals surface area contributed by atoms with E-state index in [1.807, 2.05) is 19.3 Å². The van der Waals surface area contributed by atoms with Gasteiger partial charge in [-0.15, -0.1) is 0 Å². The molecule has 0 aromatic carbocycles. The average molecular weight is 195 g/mol. The van der Waals surface area contributed by atoms with Crippen molar-refractivity contribution in [2.24, 2.45) is 18.2 Å². The van der Waals surface area contributed by atoms with Crippen LogP contribution in [0.1, 0.15) is 45.3 Å². The maximum Gasteiger partial charge on any atom is 0.0791 e. The quantitative estimate of drug-likeness (QED) is 0.804. The highest BCUT2D eigenvalue weighted by molar-refractivity contribution is 5.04. The highest BCUT2D eigenvalue weighted by Crippen LogP contribution is 2.25. The van der Waals surface area contributed by atoms with E-state index in [1.165, 1.54) is 0 Å². The molecule has 14 heavy (non-hydrogen) atoms. The minimum absolute atomic E-state index is 0.0791. The van der Waals surface area contributed by atoms with Crippen molar-refractivity contribution >= 4 is 0 Å². The first-order valence-electron chi connectivity index (χ1n) is 5.13. The summed E-state index contributed by atoms with van der Waals surface area (Å²) < 4.78 is 1.80. The van der Waals surface area contributed by atoms with E-state index >= 15 is 0 Å². The molecule has 0 fully saturated rings. The molecular weight excluding hydrogens is 174 g/mol. The van der Waals surface area contributed by atoms with Crippen molar-refractivity contribution in [1.82, 2.24) is 9.78 Å². The van der Waals surface area contributed by atoms with Gasteiger partial charge in [0.2, 0.25) is 0 Å². The molecule has 1 rings (SSSR count). The minimum Gasteiger partial charge on any atom is -0.323 e. The fourth-order valence-corrected chi connectivity index (χ4v) is 1.37. The Morgan fingerprint density at radius 2 is 2.14 bits per heavy atom. The van der Waals surface area contributed by atoms with E-state index in [0.29, 0.717) is 5.41 Å². The first-order valence-corrected chi connectivity index (χ1v) is 5.13. The number of nitrogens with two attached hydrogens (primary N) is 1. The van der Waals surface area contributed by atoms with Crippen LogP contribution in [0.4, 0.5) is 0 Å². The van der Waals surface area contributed by atoms with Crippen LogP contribution in [0.3, 0.4) is 0 Å². The molecule has 0 saturated heterocycles. The summed E-state index contributed by atoms with van der Waals surface area (Å²) in [7, 11) is 1.92. The second-order valence-corrected chi connectivity index (χ2v) is 5.12. The molecule has 0 aliphatic heterocycles. The molecule has 1 aromatic rings. The van der Waals surface area contributed by atoms with E-state index in [1.54, 1.807) is 4.68 Å². The fraction of sp³-hybridized carbons (Fsp3) is 0.727. The summed E-state index contributed by atoms with van der Waals surface area (Å²) in [5.74, 6) is 0. The van der Waals surface area contributed by atoms with E-state index in [4.69, 9.17) is 5.73 Å². The van der Waals surface area contributed by atoms with Gasteiger partial charge in [0.05, 0.1) is 5.69 Å². The molecule has 0 radical (unpaired) electrons. The van der Waals surface area contributed by atoms with E-state index in [2.05, 4.69) is 25.9 Å². The van der Waals surface area contributed by atoms with Crippen LogP contribution in [-0.2, 0) is 7.05 Å². The Labute approximate surface area is 86.3 Å². The summed E-state index contributed by atoms with van der Waals surface area (Å²) in [6.45, 7) is 6.70. The first kappa shape index (κ1) is 11.2. The van der Waals surface area contributed by atoms with Gasteiger partial charge in [-0.1, -0.05) is 20.8 Å². The van der Waals surface area contributed by atoms with Crippen molar-refractivity contribution in [3.8, 4) is 0 Å². The molecule has 0 aliphatic rings. The Bertz CT molecular complexity index is 283. The molecule has 1 atom stereocenters. The van der Waals surface area contributed by atoms with Crippen molar-refractivity contribution in [2.45, 2.75) is 39.7 Å². The first-order chi connectivity index (χ1) is 6.38. The monoisotopic (exact) mass is 195 g/mol. The molecule has 2 N–H and O–H groups in total. The standard InChI is InChI=1S/C11H21N3/c1-11(2,3)7-5-9(12)10-6-8-14(4)13-10/h6,8-9H,5,7,12H2,1-4H3/t9-/m1/s1. The van der Waals surface area contributed by atoms with E-state index in [0.717, 1.165) is 18.5 Å². The van der Waals surface area contributed by atoms with Crippen molar-refractivity contribution in [3.63, 3.8) is 0 Å². The maximum absolute atomic E-state index is 6.04. The highest BCUT2D eigenvalue weighted by Gasteiger charge is 2.15. The molecule has 0 bridgehead atoms. The second kappa shape index (κ2) is 4.13. The highest BCUT2D eigenvalue weighted by atomic mass is 15.3. The van der Waals surface area contributed by atoms with Gasteiger partial charge >= 0.3 is 0 Å². The molecule has 3 nitrogen and oxygen atoms in total. The fourth-order valence-electron chi connectivity index (χ4n) is 1.37. The third-order valence-corrected chi connectivity index (χ3v) is 2.32. The van der Waals surface area contributed by atoms with Gasteiger partial charge < -0.3 is 5.73 Å². The largest absolute Gasteiger partial charge is 0.323 e. The number of aromatic nitrogens is 2. The Morgan fingerprint density at radius 3 is 2.57 bits per heavy atom. The minimum atomic E-state index is 0.0791. The molecule has 0 saturated carbocycles. The van der Waals surface area contributed by atoms with E-state index < -0.39 is 0 Å². The Morgan fingerprint density at radius 1 is 1.50 bits per heavy atom. The summed E-state index contributed by atoms with van der Waals surface area (Å²) in [6, 6.07) is 2.07. The topological polar surface area (TPSA) is 43.8 Å². The third-order valence-electron chi connectivity index (χ3n) is 2.32. The smallest absolute Gasteiger partial charge is 0.0791 e. The van der Waals surface area contributed by atoms with Crippen molar-refractivity contribution in [3.05, 3.63) is 18.0 Å². The number of aryl methyl sites for hydroxylation is 1. The van der Waals surface area contributed by atoms with Crippen LogP contribution in [0.15, 0.2) is 12.3 Å². The number of nitrogens with zero attached hydrogens (tertiary/aromatic N) is 2. The lowest BCUT2D eigenvalue weighted by Crippen LogP contribution is -2.15. The molecule has 0 spiro atoms. The Balaban J connectivity index is 2.47. The van der Waals surface area contributed by atoms with Gasteiger partial charge in [-0.05, 0) is 24.3 Å². The normalized spacial score (nSPS) is 14.4. The summed E-state index contributed by atoms with van der Waals surface area (Å²) in [6.07, 6.45) is 4.07. The van der Waals surface area contributed by atoms with Gasteiger partial charge in [-0.25, -0.2) is 0 Å². The predicted octanol–water partition coefficient (Wildman–Crippen LogP) is 2.25. The van der Waals surface area contributed by atoms with E-state index in [9.17, 15) is 0 Å². The third kappa shape index (κ3) is 3.50. The van der Waals surface area contributed by atoms with Gasteiger partial charge in [0, 0.05) is 19.3 Å². The molecule has 1 aromatic heterocycles. The molecule has 80 valence electrons. The zero-order valence-electron chi connectivity index (χ0n) is 9.62. The predicted molar refractivity (Wildman–Crippen MR) is 58.8 cm³/mol. The van der Waals surface area contributed by atoms with Crippen LogP contribution in [-0.4, -0.2) is 9.78 Å². The maximum atomic E-state index is 6.04. The van der Waals surface area contributed by atoms with Gasteiger partial charge in [-0.2, -0.15) is 5.10 Å². The Hall–Kier alpha value is -0.830. The van der Waals surface area contributed by atoms with Crippen LogP contribution >= 0.6 is 0 Å². The molecule has 1 heterocycles. The van der Waals surface area contributed by atoms with Crippen LogP contribution < -0.4 is 5.73 Å².